The van der Waals surface area contributed by atoms with Crippen LogP contribution < -0.4 is 14.2 Å². The van der Waals surface area contributed by atoms with Gasteiger partial charge in [0.1, 0.15) is 17.4 Å². The highest BCUT2D eigenvalue weighted by Crippen LogP contribution is 2.29. The first-order valence-electron chi connectivity index (χ1n) is 11.5. The van der Waals surface area contributed by atoms with Crippen LogP contribution in [-0.2, 0) is 14.3 Å². The lowest BCUT2D eigenvalue weighted by Crippen LogP contribution is -2.41. The minimum absolute atomic E-state index is 0.0162. The number of aryl methyl sites for hydroxylation is 2. The first-order chi connectivity index (χ1) is 16.9. The topological polar surface area (TPSA) is 98.1 Å². The third-order valence-electron chi connectivity index (χ3n) is 5.50. The SMILES string of the molecule is COc1cc(/C=C(\C#N)C(=O)N2CCOCC2)ccc1OC(=O)CCCOc1cc(C)ccc1C. The van der Waals surface area contributed by atoms with E-state index < -0.39 is 5.97 Å². The number of methoxy groups -OCH3 is 1. The summed E-state index contributed by atoms with van der Waals surface area (Å²) in [6.07, 6.45) is 2.18. The highest BCUT2D eigenvalue weighted by molar-refractivity contribution is 6.01. The number of carbonyl (C=O) groups is 2. The molecular formula is C27H30N2O6. The van der Waals surface area contributed by atoms with Crippen LogP contribution in [0.3, 0.4) is 0 Å². The Hall–Kier alpha value is -3.83. The van der Waals surface area contributed by atoms with E-state index in [0.29, 0.717) is 50.6 Å². The van der Waals surface area contributed by atoms with Crippen molar-refractivity contribution in [3.05, 3.63) is 58.7 Å². The van der Waals surface area contributed by atoms with Crippen molar-refractivity contribution >= 4 is 18.0 Å². The summed E-state index contributed by atoms with van der Waals surface area (Å²) in [7, 11) is 1.46. The third kappa shape index (κ3) is 7.33. The van der Waals surface area contributed by atoms with Crippen LogP contribution in [0.2, 0.25) is 0 Å². The van der Waals surface area contributed by atoms with E-state index in [-0.39, 0.29) is 23.7 Å². The van der Waals surface area contributed by atoms with Gasteiger partial charge >= 0.3 is 5.97 Å². The molecule has 184 valence electrons. The smallest absolute Gasteiger partial charge is 0.311 e. The Bertz CT molecular complexity index is 1130. The van der Waals surface area contributed by atoms with Crippen molar-refractivity contribution in [1.82, 2.24) is 4.90 Å². The zero-order valence-electron chi connectivity index (χ0n) is 20.3. The number of hydrogen-bond acceptors (Lipinski definition) is 7. The van der Waals surface area contributed by atoms with Crippen LogP contribution in [0, 0.1) is 25.2 Å². The van der Waals surface area contributed by atoms with Crippen molar-refractivity contribution < 1.29 is 28.5 Å². The summed E-state index contributed by atoms with van der Waals surface area (Å²) in [5.41, 5.74) is 2.76. The van der Waals surface area contributed by atoms with E-state index in [0.717, 1.165) is 16.9 Å². The summed E-state index contributed by atoms with van der Waals surface area (Å²) >= 11 is 0. The fraction of sp³-hybridized carbons (Fsp3) is 0.370. The number of rotatable bonds is 9. The van der Waals surface area contributed by atoms with Gasteiger partial charge in [0.2, 0.25) is 0 Å². The average Bonchev–Trinajstić information content (AvgIpc) is 2.87. The lowest BCUT2D eigenvalue weighted by atomic mass is 10.1. The van der Waals surface area contributed by atoms with Crippen LogP contribution in [0.5, 0.6) is 17.2 Å². The number of morpholine rings is 1. The van der Waals surface area contributed by atoms with Gasteiger partial charge in [-0.05, 0) is 61.2 Å². The Morgan fingerprint density at radius 3 is 2.57 bits per heavy atom. The van der Waals surface area contributed by atoms with Gasteiger partial charge in [0.05, 0.1) is 26.9 Å². The molecule has 0 N–H and O–H groups in total. The number of nitriles is 1. The standard InChI is InChI=1S/C27H30N2O6/c1-19-6-7-20(2)24(15-19)34-12-4-5-26(30)35-23-9-8-21(17-25(23)32-3)16-22(18-28)27(31)29-10-13-33-14-11-29/h6-9,15-17H,4-5,10-14H2,1-3H3/b22-16+. The molecule has 0 aliphatic carbocycles. The molecule has 0 spiro atoms. The summed E-state index contributed by atoms with van der Waals surface area (Å²) < 4.78 is 21.9. The van der Waals surface area contributed by atoms with Crippen molar-refractivity contribution in [2.75, 3.05) is 40.0 Å². The predicted molar refractivity (Wildman–Crippen MR) is 130 cm³/mol. The molecule has 0 saturated carbocycles. The highest BCUT2D eigenvalue weighted by Gasteiger charge is 2.21. The molecule has 0 atom stereocenters. The van der Waals surface area contributed by atoms with Gasteiger partial charge in [-0.2, -0.15) is 5.26 Å². The molecule has 35 heavy (non-hydrogen) atoms. The van der Waals surface area contributed by atoms with Gasteiger partial charge in [-0.1, -0.05) is 18.2 Å². The Morgan fingerprint density at radius 2 is 1.86 bits per heavy atom. The second-order valence-corrected chi connectivity index (χ2v) is 8.18. The number of ether oxygens (including phenoxy) is 4. The zero-order chi connectivity index (χ0) is 25.2. The molecule has 1 aliphatic heterocycles. The quantitative estimate of drug-likeness (QED) is 0.178. The Labute approximate surface area is 205 Å². The maximum Gasteiger partial charge on any atom is 0.311 e. The summed E-state index contributed by atoms with van der Waals surface area (Å²) in [6.45, 7) is 6.19. The molecule has 3 rings (SSSR count). The molecule has 1 heterocycles. The maximum atomic E-state index is 12.6. The summed E-state index contributed by atoms with van der Waals surface area (Å²) in [6, 6.07) is 12.8. The van der Waals surface area contributed by atoms with Crippen LogP contribution in [0.15, 0.2) is 42.0 Å². The monoisotopic (exact) mass is 478 g/mol. The molecule has 1 aliphatic rings. The molecule has 0 bridgehead atoms. The lowest BCUT2D eigenvalue weighted by molar-refractivity contribution is -0.134. The lowest BCUT2D eigenvalue weighted by Gasteiger charge is -2.26. The molecule has 0 aromatic heterocycles. The van der Waals surface area contributed by atoms with E-state index in [1.165, 1.54) is 13.2 Å². The van der Waals surface area contributed by atoms with Crippen molar-refractivity contribution in [3.8, 4) is 23.3 Å². The van der Waals surface area contributed by atoms with Crippen LogP contribution in [0.4, 0.5) is 0 Å². The Balaban J connectivity index is 1.57. The van der Waals surface area contributed by atoms with E-state index in [1.54, 1.807) is 23.1 Å². The first-order valence-corrected chi connectivity index (χ1v) is 11.5. The van der Waals surface area contributed by atoms with Gasteiger partial charge in [0, 0.05) is 19.5 Å². The molecule has 1 fully saturated rings. The van der Waals surface area contributed by atoms with Gasteiger partial charge < -0.3 is 23.8 Å². The van der Waals surface area contributed by atoms with Gasteiger partial charge in [-0.25, -0.2) is 0 Å². The van der Waals surface area contributed by atoms with E-state index in [4.69, 9.17) is 18.9 Å². The highest BCUT2D eigenvalue weighted by atomic mass is 16.6. The van der Waals surface area contributed by atoms with Crippen molar-refractivity contribution in [1.29, 1.82) is 5.26 Å². The second kappa shape index (κ2) is 12.6. The van der Waals surface area contributed by atoms with Gasteiger partial charge in [-0.3, -0.25) is 9.59 Å². The molecule has 2 aromatic carbocycles. The molecule has 1 amide bonds. The number of hydrogen-bond donors (Lipinski definition) is 0. The first kappa shape index (κ1) is 25.8. The fourth-order valence-corrected chi connectivity index (χ4v) is 3.54. The number of esters is 1. The minimum Gasteiger partial charge on any atom is -0.493 e. The van der Waals surface area contributed by atoms with Crippen molar-refractivity contribution in [3.63, 3.8) is 0 Å². The average molecular weight is 479 g/mol. The van der Waals surface area contributed by atoms with Gasteiger partial charge in [0.25, 0.3) is 5.91 Å². The van der Waals surface area contributed by atoms with Gasteiger partial charge in [0.15, 0.2) is 11.5 Å². The summed E-state index contributed by atoms with van der Waals surface area (Å²) in [5, 5.41) is 9.48. The molecule has 0 radical (unpaired) electrons. The van der Waals surface area contributed by atoms with E-state index in [9.17, 15) is 14.9 Å². The Morgan fingerprint density at radius 1 is 1.09 bits per heavy atom. The number of amides is 1. The minimum atomic E-state index is -0.406. The van der Waals surface area contributed by atoms with Crippen molar-refractivity contribution in [2.45, 2.75) is 26.7 Å². The molecule has 0 unspecified atom stereocenters. The predicted octanol–water partition coefficient (Wildman–Crippen LogP) is 3.84. The number of carbonyl (C=O) groups excluding carboxylic acids is 2. The molecule has 2 aromatic rings. The Kier molecular flexibility index (Phi) is 9.27. The van der Waals surface area contributed by atoms with E-state index >= 15 is 0 Å². The number of benzene rings is 2. The van der Waals surface area contributed by atoms with E-state index in [1.807, 2.05) is 38.1 Å². The molecular weight excluding hydrogens is 448 g/mol. The van der Waals surface area contributed by atoms with Crippen LogP contribution >= 0.6 is 0 Å². The molecule has 8 nitrogen and oxygen atoms in total. The zero-order valence-corrected chi connectivity index (χ0v) is 20.3. The van der Waals surface area contributed by atoms with E-state index in [2.05, 4.69) is 0 Å². The van der Waals surface area contributed by atoms with Crippen molar-refractivity contribution in [2.24, 2.45) is 0 Å². The number of nitrogens with zero attached hydrogens (tertiary/aromatic N) is 2. The largest absolute Gasteiger partial charge is 0.493 e. The fourth-order valence-electron chi connectivity index (χ4n) is 3.54. The summed E-state index contributed by atoms with van der Waals surface area (Å²) in [5.74, 6) is 0.662. The molecule has 8 heteroatoms. The molecule has 1 saturated heterocycles. The second-order valence-electron chi connectivity index (χ2n) is 8.18. The van der Waals surface area contributed by atoms with Crippen LogP contribution in [0.25, 0.3) is 6.08 Å². The van der Waals surface area contributed by atoms with Crippen LogP contribution in [-0.4, -0.2) is 56.8 Å². The van der Waals surface area contributed by atoms with Crippen LogP contribution in [0.1, 0.15) is 29.5 Å². The summed E-state index contributed by atoms with van der Waals surface area (Å²) in [4.78, 5) is 26.6. The normalized spacial score (nSPS) is 13.7. The van der Waals surface area contributed by atoms with Gasteiger partial charge in [-0.15, -0.1) is 0 Å². The third-order valence-corrected chi connectivity index (χ3v) is 5.50. The maximum absolute atomic E-state index is 12.6.